The fourth-order valence-electron chi connectivity index (χ4n) is 1.17. The summed E-state index contributed by atoms with van der Waals surface area (Å²) in [5.41, 5.74) is 0. The summed E-state index contributed by atoms with van der Waals surface area (Å²) in [6.45, 7) is 0.102. The predicted octanol–water partition coefficient (Wildman–Crippen LogP) is 2.60. The highest BCUT2D eigenvalue weighted by molar-refractivity contribution is 5.66. The molecule has 0 amide bonds. The Kier molecular flexibility index (Phi) is 4.69. The Labute approximate surface area is 91.7 Å². The topological polar surface area (TPSA) is 46.5 Å². The van der Waals surface area contributed by atoms with E-state index in [0.29, 0.717) is 12.8 Å². The van der Waals surface area contributed by atoms with Crippen molar-refractivity contribution < 1.29 is 23.4 Å². The second-order valence-corrected chi connectivity index (χ2v) is 3.25. The van der Waals surface area contributed by atoms with Gasteiger partial charge < -0.3 is 9.84 Å². The van der Waals surface area contributed by atoms with Crippen LogP contribution in [0.1, 0.15) is 19.3 Å². The Bertz CT molecular complexity index is 346. The quantitative estimate of drug-likeness (QED) is 0.764. The average molecular weight is 230 g/mol. The van der Waals surface area contributed by atoms with Crippen molar-refractivity contribution in [3.63, 3.8) is 0 Å². The SMILES string of the molecule is O=C(O)CCCCOc1c(F)cccc1F. The van der Waals surface area contributed by atoms with Crippen LogP contribution in [0.3, 0.4) is 0 Å². The first kappa shape index (κ1) is 12.4. The van der Waals surface area contributed by atoms with Gasteiger partial charge in [0.15, 0.2) is 17.4 Å². The zero-order chi connectivity index (χ0) is 12.0. The van der Waals surface area contributed by atoms with E-state index in [1.54, 1.807) is 0 Å². The minimum absolute atomic E-state index is 0.0309. The first-order valence-electron chi connectivity index (χ1n) is 4.90. The normalized spacial score (nSPS) is 10.1. The lowest BCUT2D eigenvalue weighted by atomic mass is 10.2. The molecule has 0 atom stereocenters. The summed E-state index contributed by atoms with van der Waals surface area (Å²) in [5.74, 6) is -2.80. The first-order valence-corrected chi connectivity index (χ1v) is 4.90. The molecule has 16 heavy (non-hydrogen) atoms. The van der Waals surface area contributed by atoms with Crippen molar-refractivity contribution in [3.8, 4) is 5.75 Å². The van der Waals surface area contributed by atoms with Gasteiger partial charge in [0.1, 0.15) is 0 Å². The van der Waals surface area contributed by atoms with Gasteiger partial charge in [-0.15, -0.1) is 0 Å². The van der Waals surface area contributed by atoms with Crippen molar-refractivity contribution in [3.05, 3.63) is 29.8 Å². The Morgan fingerprint density at radius 3 is 2.44 bits per heavy atom. The number of benzene rings is 1. The number of hydrogen-bond donors (Lipinski definition) is 1. The van der Waals surface area contributed by atoms with Crippen LogP contribution in [0.15, 0.2) is 18.2 Å². The molecule has 0 radical (unpaired) electrons. The van der Waals surface area contributed by atoms with Crippen LogP contribution in [0, 0.1) is 11.6 Å². The molecule has 0 aromatic heterocycles. The van der Waals surface area contributed by atoms with Crippen LogP contribution in [-0.2, 0) is 4.79 Å². The molecular weight excluding hydrogens is 218 g/mol. The third kappa shape index (κ3) is 3.84. The second kappa shape index (κ2) is 6.05. The van der Waals surface area contributed by atoms with Crippen molar-refractivity contribution in [2.75, 3.05) is 6.61 Å². The number of halogens is 2. The van der Waals surface area contributed by atoms with Crippen LogP contribution in [-0.4, -0.2) is 17.7 Å². The summed E-state index contributed by atoms with van der Waals surface area (Å²) in [5, 5.41) is 8.36. The maximum atomic E-state index is 13.0. The molecule has 0 spiro atoms. The van der Waals surface area contributed by atoms with Crippen LogP contribution in [0.2, 0.25) is 0 Å². The standard InChI is InChI=1S/C11H12F2O3/c12-8-4-3-5-9(13)11(8)16-7-2-1-6-10(14)15/h3-5H,1-2,6-7H2,(H,14,15). The number of para-hydroxylation sites is 1. The van der Waals surface area contributed by atoms with Crippen LogP contribution in [0.25, 0.3) is 0 Å². The lowest BCUT2D eigenvalue weighted by molar-refractivity contribution is -0.137. The zero-order valence-corrected chi connectivity index (χ0v) is 8.58. The monoisotopic (exact) mass is 230 g/mol. The van der Waals surface area contributed by atoms with Gasteiger partial charge in [-0.05, 0) is 25.0 Å². The molecule has 0 saturated carbocycles. The van der Waals surface area contributed by atoms with Crippen molar-refractivity contribution >= 4 is 5.97 Å². The van der Waals surface area contributed by atoms with Crippen molar-refractivity contribution in [1.82, 2.24) is 0 Å². The minimum atomic E-state index is -0.892. The van der Waals surface area contributed by atoms with Crippen LogP contribution < -0.4 is 4.74 Å². The van der Waals surface area contributed by atoms with Gasteiger partial charge in [0.25, 0.3) is 0 Å². The fourth-order valence-corrected chi connectivity index (χ4v) is 1.17. The number of carboxylic acid groups (broad SMARTS) is 1. The van der Waals surface area contributed by atoms with E-state index in [4.69, 9.17) is 9.84 Å². The van der Waals surface area contributed by atoms with E-state index in [1.165, 1.54) is 6.07 Å². The maximum absolute atomic E-state index is 13.0. The highest BCUT2D eigenvalue weighted by Gasteiger charge is 2.08. The summed E-state index contributed by atoms with van der Waals surface area (Å²) in [7, 11) is 0. The fraction of sp³-hybridized carbons (Fsp3) is 0.364. The molecule has 0 aliphatic heterocycles. The lowest BCUT2D eigenvalue weighted by Gasteiger charge is -2.07. The Morgan fingerprint density at radius 2 is 1.88 bits per heavy atom. The van der Waals surface area contributed by atoms with Crippen LogP contribution >= 0.6 is 0 Å². The van der Waals surface area contributed by atoms with Gasteiger partial charge in [0, 0.05) is 6.42 Å². The highest BCUT2D eigenvalue weighted by Crippen LogP contribution is 2.20. The summed E-state index contributed by atoms with van der Waals surface area (Å²) in [6.07, 6.45) is 0.897. The third-order valence-corrected chi connectivity index (χ3v) is 1.95. The minimum Gasteiger partial charge on any atom is -0.488 e. The molecule has 0 heterocycles. The molecule has 5 heteroatoms. The number of unbranched alkanes of at least 4 members (excludes halogenated alkanes) is 1. The maximum Gasteiger partial charge on any atom is 0.303 e. The second-order valence-electron chi connectivity index (χ2n) is 3.25. The number of hydrogen-bond acceptors (Lipinski definition) is 2. The molecule has 0 aliphatic rings. The third-order valence-electron chi connectivity index (χ3n) is 1.95. The molecule has 0 fully saturated rings. The zero-order valence-electron chi connectivity index (χ0n) is 8.58. The average Bonchev–Trinajstić information content (AvgIpc) is 2.21. The van der Waals surface area contributed by atoms with Crippen LogP contribution in [0.5, 0.6) is 5.75 Å². The van der Waals surface area contributed by atoms with E-state index in [0.717, 1.165) is 12.1 Å². The van der Waals surface area contributed by atoms with E-state index in [2.05, 4.69) is 0 Å². The van der Waals surface area contributed by atoms with E-state index in [1.807, 2.05) is 0 Å². The van der Waals surface area contributed by atoms with Gasteiger partial charge in [-0.1, -0.05) is 6.07 Å². The highest BCUT2D eigenvalue weighted by atomic mass is 19.1. The number of rotatable bonds is 6. The first-order chi connectivity index (χ1) is 7.61. The van der Waals surface area contributed by atoms with E-state index >= 15 is 0 Å². The molecule has 0 bridgehead atoms. The summed E-state index contributed by atoms with van der Waals surface area (Å²) in [4.78, 5) is 10.2. The Balaban J connectivity index is 2.34. The van der Waals surface area contributed by atoms with Gasteiger partial charge in [-0.25, -0.2) is 8.78 Å². The van der Waals surface area contributed by atoms with Crippen molar-refractivity contribution in [2.45, 2.75) is 19.3 Å². The number of aliphatic carboxylic acids is 1. The Morgan fingerprint density at radius 1 is 1.25 bits per heavy atom. The number of carbonyl (C=O) groups is 1. The molecular formula is C11H12F2O3. The number of ether oxygens (including phenoxy) is 1. The van der Waals surface area contributed by atoms with Gasteiger partial charge in [-0.2, -0.15) is 0 Å². The molecule has 0 unspecified atom stereocenters. The molecule has 0 saturated heterocycles. The molecule has 3 nitrogen and oxygen atoms in total. The molecule has 1 rings (SSSR count). The smallest absolute Gasteiger partial charge is 0.303 e. The van der Waals surface area contributed by atoms with Gasteiger partial charge >= 0.3 is 5.97 Å². The van der Waals surface area contributed by atoms with Gasteiger partial charge in [0.05, 0.1) is 6.61 Å². The number of carboxylic acids is 1. The lowest BCUT2D eigenvalue weighted by Crippen LogP contribution is -2.03. The Hall–Kier alpha value is -1.65. The molecule has 1 N–H and O–H groups in total. The largest absolute Gasteiger partial charge is 0.488 e. The van der Waals surface area contributed by atoms with Crippen LogP contribution in [0.4, 0.5) is 8.78 Å². The van der Waals surface area contributed by atoms with E-state index < -0.39 is 23.4 Å². The summed E-state index contributed by atoms with van der Waals surface area (Å²) < 4.78 is 31.0. The molecule has 1 aromatic rings. The van der Waals surface area contributed by atoms with Gasteiger partial charge in [0.2, 0.25) is 0 Å². The molecule has 0 aliphatic carbocycles. The van der Waals surface area contributed by atoms with Gasteiger partial charge in [-0.3, -0.25) is 4.79 Å². The van der Waals surface area contributed by atoms with Crippen molar-refractivity contribution in [2.24, 2.45) is 0 Å². The molecule has 88 valence electrons. The van der Waals surface area contributed by atoms with E-state index in [9.17, 15) is 13.6 Å². The van der Waals surface area contributed by atoms with E-state index in [-0.39, 0.29) is 13.0 Å². The predicted molar refractivity (Wildman–Crippen MR) is 53.3 cm³/mol. The van der Waals surface area contributed by atoms with Crippen molar-refractivity contribution in [1.29, 1.82) is 0 Å². The summed E-state index contributed by atoms with van der Waals surface area (Å²) >= 11 is 0. The molecule has 1 aromatic carbocycles. The summed E-state index contributed by atoms with van der Waals surface area (Å²) in [6, 6.07) is 3.47.